The summed E-state index contributed by atoms with van der Waals surface area (Å²) in [5.74, 6) is -0.846. The Hall–Kier alpha value is -1.68. The quantitative estimate of drug-likeness (QED) is 0.618. The molecule has 0 spiro atoms. The SMILES string of the molecule is COC(CNS(=O)(=O)c1ccc(OCC(=O)O)cc1)OC. The lowest BCUT2D eigenvalue weighted by Crippen LogP contribution is -2.34. The molecule has 0 aliphatic carbocycles. The van der Waals surface area contributed by atoms with Crippen molar-refractivity contribution in [3.63, 3.8) is 0 Å². The third-order valence-electron chi connectivity index (χ3n) is 2.46. The number of sulfonamides is 1. The van der Waals surface area contributed by atoms with Gasteiger partial charge in [0.2, 0.25) is 10.0 Å². The summed E-state index contributed by atoms with van der Waals surface area (Å²) >= 11 is 0. The predicted octanol–water partition coefficient (Wildman–Crippen LogP) is 0.0472. The topological polar surface area (TPSA) is 111 Å². The van der Waals surface area contributed by atoms with E-state index in [9.17, 15) is 13.2 Å². The molecule has 0 aliphatic heterocycles. The number of carboxylic acid groups (broad SMARTS) is 1. The Labute approximate surface area is 122 Å². The molecule has 0 amide bonds. The van der Waals surface area contributed by atoms with Crippen LogP contribution in [0.25, 0.3) is 0 Å². The maximum absolute atomic E-state index is 12.0. The van der Waals surface area contributed by atoms with Crippen molar-refractivity contribution < 1.29 is 32.5 Å². The van der Waals surface area contributed by atoms with E-state index in [-0.39, 0.29) is 17.2 Å². The number of aliphatic carboxylic acids is 1. The van der Waals surface area contributed by atoms with Gasteiger partial charge < -0.3 is 19.3 Å². The van der Waals surface area contributed by atoms with Crippen molar-refractivity contribution in [2.24, 2.45) is 0 Å². The van der Waals surface area contributed by atoms with Gasteiger partial charge in [-0.3, -0.25) is 0 Å². The molecule has 21 heavy (non-hydrogen) atoms. The summed E-state index contributed by atoms with van der Waals surface area (Å²) in [6.07, 6.45) is -0.682. The molecule has 9 heteroatoms. The maximum atomic E-state index is 12.0. The zero-order valence-corrected chi connectivity index (χ0v) is 12.4. The molecule has 0 heterocycles. The molecular weight excluding hydrogens is 302 g/mol. The van der Waals surface area contributed by atoms with E-state index >= 15 is 0 Å². The Morgan fingerprint density at radius 2 is 1.81 bits per heavy atom. The highest BCUT2D eigenvalue weighted by atomic mass is 32.2. The van der Waals surface area contributed by atoms with Gasteiger partial charge in [0.05, 0.1) is 11.4 Å². The largest absolute Gasteiger partial charge is 0.482 e. The van der Waals surface area contributed by atoms with E-state index in [0.717, 1.165) is 0 Å². The molecule has 0 aromatic heterocycles. The molecule has 1 aromatic rings. The number of hydrogen-bond acceptors (Lipinski definition) is 6. The van der Waals surface area contributed by atoms with Crippen LogP contribution in [0.5, 0.6) is 5.75 Å². The summed E-state index contributed by atoms with van der Waals surface area (Å²) in [5.41, 5.74) is 0. The van der Waals surface area contributed by atoms with Crippen LogP contribution >= 0.6 is 0 Å². The average Bonchev–Trinajstić information content (AvgIpc) is 2.46. The van der Waals surface area contributed by atoms with Gasteiger partial charge in [-0.25, -0.2) is 17.9 Å². The van der Waals surface area contributed by atoms with Crippen LogP contribution in [0.1, 0.15) is 0 Å². The molecule has 1 aromatic carbocycles. The van der Waals surface area contributed by atoms with Crippen LogP contribution in [0.4, 0.5) is 0 Å². The summed E-state index contributed by atoms with van der Waals surface area (Å²) in [6.45, 7) is -0.527. The van der Waals surface area contributed by atoms with Crippen LogP contribution < -0.4 is 9.46 Å². The molecule has 0 aliphatic rings. The summed E-state index contributed by atoms with van der Waals surface area (Å²) in [6, 6.07) is 5.38. The molecule has 0 saturated heterocycles. The molecule has 0 atom stereocenters. The van der Waals surface area contributed by atoms with Gasteiger partial charge in [-0.15, -0.1) is 0 Å². The highest BCUT2D eigenvalue weighted by molar-refractivity contribution is 7.89. The predicted molar refractivity (Wildman–Crippen MR) is 72.6 cm³/mol. The van der Waals surface area contributed by atoms with Crippen molar-refractivity contribution >= 4 is 16.0 Å². The minimum Gasteiger partial charge on any atom is -0.482 e. The average molecular weight is 319 g/mol. The molecule has 0 fully saturated rings. The Bertz CT molecular complexity index is 551. The van der Waals surface area contributed by atoms with Crippen molar-refractivity contribution in [2.75, 3.05) is 27.4 Å². The Morgan fingerprint density at radius 1 is 1.24 bits per heavy atom. The molecular formula is C12H17NO7S. The zero-order chi connectivity index (χ0) is 15.9. The van der Waals surface area contributed by atoms with Crippen molar-refractivity contribution in [1.29, 1.82) is 0 Å². The maximum Gasteiger partial charge on any atom is 0.341 e. The molecule has 0 radical (unpaired) electrons. The standard InChI is InChI=1S/C12H17NO7S/c1-18-12(19-2)7-13-21(16,17)10-5-3-9(4-6-10)20-8-11(14)15/h3-6,12-13H,7-8H2,1-2H3,(H,14,15). The summed E-state index contributed by atoms with van der Waals surface area (Å²) in [5, 5.41) is 8.47. The first-order chi connectivity index (χ1) is 9.89. The number of hydrogen-bond donors (Lipinski definition) is 2. The highest BCUT2D eigenvalue weighted by Gasteiger charge is 2.16. The minimum absolute atomic E-state index is 0.0242. The van der Waals surface area contributed by atoms with Crippen molar-refractivity contribution in [3.05, 3.63) is 24.3 Å². The number of benzene rings is 1. The number of rotatable bonds is 9. The Kier molecular flexibility index (Phi) is 6.56. The highest BCUT2D eigenvalue weighted by Crippen LogP contribution is 2.15. The molecule has 8 nitrogen and oxygen atoms in total. The fraction of sp³-hybridized carbons (Fsp3) is 0.417. The van der Waals surface area contributed by atoms with Crippen molar-refractivity contribution in [2.45, 2.75) is 11.2 Å². The first-order valence-electron chi connectivity index (χ1n) is 5.89. The molecule has 2 N–H and O–H groups in total. The number of carbonyl (C=O) groups is 1. The Morgan fingerprint density at radius 3 is 2.29 bits per heavy atom. The molecule has 1 rings (SSSR count). The van der Waals surface area contributed by atoms with Crippen LogP contribution in [0.15, 0.2) is 29.2 Å². The van der Waals surface area contributed by atoms with Crippen molar-refractivity contribution in [3.8, 4) is 5.75 Å². The second kappa shape index (κ2) is 7.93. The van der Waals surface area contributed by atoms with Gasteiger partial charge in [0.15, 0.2) is 12.9 Å². The fourth-order valence-corrected chi connectivity index (χ4v) is 2.40. The lowest BCUT2D eigenvalue weighted by atomic mass is 10.3. The summed E-state index contributed by atoms with van der Waals surface area (Å²) in [7, 11) is -0.906. The van der Waals surface area contributed by atoms with E-state index in [1.54, 1.807) is 0 Å². The van der Waals surface area contributed by atoms with Gasteiger partial charge in [-0.05, 0) is 24.3 Å². The van der Waals surface area contributed by atoms with Crippen LogP contribution in [0.2, 0.25) is 0 Å². The van der Waals surface area contributed by atoms with Gasteiger partial charge in [0.25, 0.3) is 0 Å². The second-order valence-corrected chi connectivity index (χ2v) is 5.67. The van der Waals surface area contributed by atoms with Crippen LogP contribution in [0, 0.1) is 0 Å². The second-order valence-electron chi connectivity index (χ2n) is 3.91. The van der Waals surface area contributed by atoms with E-state index in [1.165, 1.54) is 38.5 Å². The van der Waals surface area contributed by atoms with Gasteiger partial charge in [-0.2, -0.15) is 0 Å². The van der Waals surface area contributed by atoms with Gasteiger partial charge >= 0.3 is 5.97 Å². The number of methoxy groups -OCH3 is 2. The normalized spacial score (nSPS) is 11.6. The number of ether oxygens (including phenoxy) is 3. The van der Waals surface area contributed by atoms with E-state index < -0.39 is 28.9 Å². The van der Waals surface area contributed by atoms with E-state index in [2.05, 4.69) is 4.72 Å². The number of carboxylic acids is 1. The summed E-state index contributed by atoms with van der Waals surface area (Å²) in [4.78, 5) is 10.4. The first kappa shape index (κ1) is 17.4. The first-order valence-corrected chi connectivity index (χ1v) is 7.37. The lowest BCUT2D eigenvalue weighted by molar-refractivity contribution is -0.139. The van der Waals surface area contributed by atoms with Crippen LogP contribution in [-0.4, -0.2) is 53.2 Å². The lowest BCUT2D eigenvalue weighted by Gasteiger charge is -2.14. The Balaban J connectivity index is 2.68. The van der Waals surface area contributed by atoms with Crippen LogP contribution in [-0.2, 0) is 24.3 Å². The third kappa shape index (κ3) is 5.68. The fourth-order valence-electron chi connectivity index (χ4n) is 1.38. The monoisotopic (exact) mass is 319 g/mol. The van der Waals surface area contributed by atoms with Gasteiger partial charge in [0.1, 0.15) is 5.75 Å². The molecule has 0 bridgehead atoms. The summed E-state index contributed by atoms with van der Waals surface area (Å²) < 4.78 is 41.0. The van der Waals surface area contributed by atoms with E-state index in [4.69, 9.17) is 19.3 Å². The minimum atomic E-state index is -3.71. The van der Waals surface area contributed by atoms with Gasteiger partial charge in [0, 0.05) is 14.2 Å². The molecule has 0 unspecified atom stereocenters. The number of nitrogens with one attached hydrogen (secondary N) is 1. The van der Waals surface area contributed by atoms with E-state index in [1.807, 2.05) is 0 Å². The van der Waals surface area contributed by atoms with Crippen LogP contribution in [0.3, 0.4) is 0 Å². The molecule has 118 valence electrons. The van der Waals surface area contributed by atoms with E-state index in [0.29, 0.717) is 0 Å². The molecule has 0 saturated carbocycles. The van der Waals surface area contributed by atoms with Gasteiger partial charge in [-0.1, -0.05) is 0 Å². The third-order valence-corrected chi connectivity index (χ3v) is 3.90. The zero-order valence-electron chi connectivity index (χ0n) is 11.6. The van der Waals surface area contributed by atoms with Crippen molar-refractivity contribution in [1.82, 2.24) is 4.72 Å². The smallest absolute Gasteiger partial charge is 0.341 e.